The number of benzene rings is 2. The third kappa shape index (κ3) is 5.10. The average molecular weight is 371 g/mol. The predicted molar refractivity (Wildman–Crippen MR) is 90.4 cm³/mol. The van der Waals surface area contributed by atoms with Gasteiger partial charge >= 0.3 is 0 Å². The summed E-state index contributed by atoms with van der Waals surface area (Å²) in [4.78, 5) is 0. The van der Waals surface area contributed by atoms with Crippen LogP contribution in [0.5, 0.6) is 0 Å². The fraction of sp³-hybridized carbons (Fsp3) is 0.294. The van der Waals surface area contributed by atoms with Crippen LogP contribution in [-0.2, 0) is 12.8 Å². The fourth-order valence-corrected chi connectivity index (χ4v) is 3.15. The molecule has 0 saturated carbocycles. The Kier molecular flexibility index (Phi) is 6.22. The van der Waals surface area contributed by atoms with Gasteiger partial charge in [-0.05, 0) is 73.8 Å². The van der Waals surface area contributed by atoms with Gasteiger partial charge in [0.1, 0.15) is 5.82 Å². The molecule has 1 atom stereocenters. The smallest absolute Gasteiger partial charge is 0.123 e. The van der Waals surface area contributed by atoms with Gasteiger partial charge in [-0.15, -0.1) is 0 Å². The van der Waals surface area contributed by atoms with E-state index in [1.54, 1.807) is 6.07 Å². The molecule has 1 unspecified atom stereocenters. The molecular weight excluding hydrogens is 353 g/mol. The maximum atomic E-state index is 13.4. The molecule has 1 N–H and O–H groups in total. The minimum atomic E-state index is -0.236. The van der Waals surface area contributed by atoms with Crippen molar-refractivity contribution >= 4 is 27.5 Å². The molecule has 0 fully saturated rings. The minimum Gasteiger partial charge on any atom is -0.319 e. The molecule has 2 aromatic carbocycles. The topological polar surface area (TPSA) is 12.0 Å². The van der Waals surface area contributed by atoms with Crippen molar-refractivity contribution in [3.63, 3.8) is 0 Å². The molecule has 4 heteroatoms. The normalized spacial score (nSPS) is 12.4. The first kappa shape index (κ1) is 16.5. The van der Waals surface area contributed by atoms with Gasteiger partial charge in [0.2, 0.25) is 0 Å². The summed E-state index contributed by atoms with van der Waals surface area (Å²) in [5.41, 5.74) is 2.13. The summed E-state index contributed by atoms with van der Waals surface area (Å²) in [5.74, 6) is 0.128. The monoisotopic (exact) mass is 369 g/mol. The Balaban J connectivity index is 2.13. The SMILES string of the molecule is CNCC(Cc1cccc(Br)c1)Cc1cc(F)ccc1Cl. The Bertz CT molecular complexity index is 603. The van der Waals surface area contributed by atoms with Crippen molar-refractivity contribution in [3.8, 4) is 0 Å². The molecule has 0 radical (unpaired) electrons. The van der Waals surface area contributed by atoms with Crippen LogP contribution in [0, 0.1) is 11.7 Å². The zero-order valence-corrected chi connectivity index (χ0v) is 14.2. The second kappa shape index (κ2) is 7.92. The number of hydrogen-bond acceptors (Lipinski definition) is 1. The number of nitrogens with one attached hydrogen (secondary N) is 1. The van der Waals surface area contributed by atoms with Crippen LogP contribution >= 0.6 is 27.5 Å². The number of halogens is 3. The van der Waals surface area contributed by atoms with Crippen LogP contribution in [0.25, 0.3) is 0 Å². The average Bonchev–Trinajstić information content (AvgIpc) is 2.43. The van der Waals surface area contributed by atoms with E-state index in [0.717, 1.165) is 29.4 Å². The van der Waals surface area contributed by atoms with E-state index in [2.05, 4.69) is 33.4 Å². The van der Waals surface area contributed by atoms with Gasteiger partial charge in [-0.3, -0.25) is 0 Å². The van der Waals surface area contributed by atoms with Gasteiger partial charge < -0.3 is 5.32 Å². The first-order chi connectivity index (χ1) is 10.1. The molecule has 112 valence electrons. The first-order valence-electron chi connectivity index (χ1n) is 6.91. The molecule has 0 heterocycles. The van der Waals surface area contributed by atoms with Crippen molar-refractivity contribution in [1.29, 1.82) is 0 Å². The molecule has 0 saturated heterocycles. The van der Waals surface area contributed by atoms with Crippen molar-refractivity contribution in [2.45, 2.75) is 12.8 Å². The van der Waals surface area contributed by atoms with Gasteiger partial charge in [-0.2, -0.15) is 0 Å². The van der Waals surface area contributed by atoms with E-state index in [-0.39, 0.29) is 5.82 Å². The summed E-state index contributed by atoms with van der Waals surface area (Å²) in [6, 6.07) is 12.8. The maximum Gasteiger partial charge on any atom is 0.123 e. The molecule has 2 aromatic rings. The van der Waals surface area contributed by atoms with Crippen LogP contribution in [0.3, 0.4) is 0 Å². The van der Waals surface area contributed by atoms with E-state index >= 15 is 0 Å². The Morgan fingerprint density at radius 2 is 2.00 bits per heavy atom. The molecule has 1 nitrogen and oxygen atoms in total. The van der Waals surface area contributed by atoms with E-state index in [9.17, 15) is 4.39 Å². The zero-order valence-electron chi connectivity index (χ0n) is 11.9. The van der Waals surface area contributed by atoms with E-state index in [1.807, 2.05) is 19.2 Å². The molecular formula is C17H18BrClFN. The Morgan fingerprint density at radius 1 is 1.19 bits per heavy atom. The summed E-state index contributed by atoms with van der Waals surface area (Å²) in [5, 5.41) is 3.84. The highest BCUT2D eigenvalue weighted by molar-refractivity contribution is 9.10. The van der Waals surface area contributed by atoms with Crippen molar-refractivity contribution < 1.29 is 4.39 Å². The van der Waals surface area contributed by atoms with Crippen LogP contribution in [0.2, 0.25) is 5.02 Å². The summed E-state index contributed by atoms with van der Waals surface area (Å²) in [6.07, 6.45) is 1.68. The second-order valence-corrected chi connectivity index (χ2v) is 6.52. The lowest BCUT2D eigenvalue weighted by Gasteiger charge is -2.18. The van der Waals surface area contributed by atoms with Gasteiger partial charge in [-0.1, -0.05) is 39.7 Å². The van der Waals surface area contributed by atoms with Crippen LogP contribution in [0.1, 0.15) is 11.1 Å². The summed E-state index contributed by atoms with van der Waals surface area (Å²) < 4.78 is 14.5. The first-order valence-corrected chi connectivity index (χ1v) is 8.08. The molecule has 2 rings (SSSR count). The molecule has 0 aliphatic carbocycles. The van der Waals surface area contributed by atoms with Crippen LogP contribution in [0.4, 0.5) is 4.39 Å². The fourth-order valence-electron chi connectivity index (χ4n) is 2.51. The summed E-state index contributed by atoms with van der Waals surface area (Å²) in [7, 11) is 1.93. The van der Waals surface area contributed by atoms with Crippen LogP contribution < -0.4 is 5.32 Å². The quantitative estimate of drug-likeness (QED) is 0.765. The van der Waals surface area contributed by atoms with Crippen molar-refractivity contribution in [1.82, 2.24) is 5.32 Å². The highest BCUT2D eigenvalue weighted by Gasteiger charge is 2.13. The lowest BCUT2D eigenvalue weighted by molar-refractivity contribution is 0.491. The molecule has 0 aliphatic rings. The van der Waals surface area contributed by atoms with Gasteiger partial charge in [-0.25, -0.2) is 4.39 Å². The van der Waals surface area contributed by atoms with E-state index < -0.39 is 0 Å². The predicted octanol–water partition coefficient (Wildman–Crippen LogP) is 4.86. The van der Waals surface area contributed by atoms with E-state index in [0.29, 0.717) is 10.9 Å². The van der Waals surface area contributed by atoms with Gasteiger partial charge in [0.25, 0.3) is 0 Å². The molecule has 21 heavy (non-hydrogen) atoms. The molecule has 0 spiro atoms. The summed E-state index contributed by atoms with van der Waals surface area (Å²) >= 11 is 9.67. The van der Waals surface area contributed by atoms with Crippen LogP contribution in [0.15, 0.2) is 46.9 Å². The van der Waals surface area contributed by atoms with E-state index in [4.69, 9.17) is 11.6 Å². The number of hydrogen-bond donors (Lipinski definition) is 1. The van der Waals surface area contributed by atoms with Crippen LogP contribution in [-0.4, -0.2) is 13.6 Å². The molecule has 0 aliphatic heterocycles. The largest absolute Gasteiger partial charge is 0.319 e. The lowest BCUT2D eigenvalue weighted by atomic mass is 9.92. The third-order valence-electron chi connectivity index (χ3n) is 3.42. The molecule has 0 amide bonds. The summed E-state index contributed by atoms with van der Waals surface area (Å²) in [6.45, 7) is 0.860. The second-order valence-electron chi connectivity index (χ2n) is 5.20. The Morgan fingerprint density at radius 3 is 2.71 bits per heavy atom. The Hall–Kier alpha value is -0.900. The molecule has 0 bridgehead atoms. The standard InChI is InChI=1S/C17H18BrClFN/c1-21-11-13(7-12-3-2-4-15(18)9-12)8-14-10-16(20)5-6-17(14)19/h2-6,9-10,13,21H,7-8,11H2,1H3. The highest BCUT2D eigenvalue weighted by atomic mass is 79.9. The van der Waals surface area contributed by atoms with Crippen molar-refractivity contribution in [3.05, 3.63) is 68.9 Å². The number of rotatable bonds is 6. The lowest BCUT2D eigenvalue weighted by Crippen LogP contribution is -2.23. The van der Waals surface area contributed by atoms with Crippen molar-refractivity contribution in [2.75, 3.05) is 13.6 Å². The Labute approximate surface area is 138 Å². The van der Waals surface area contributed by atoms with Gasteiger partial charge in [0.05, 0.1) is 0 Å². The minimum absolute atomic E-state index is 0.236. The van der Waals surface area contributed by atoms with E-state index in [1.165, 1.54) is 17.7 Å². The zero-order chi connectivity index (χ0) is 15.2. The highest BCUT2D eigenvalue weighted by Crippen LogP contribution is 2.23. The maximum absolute atomic E-state index is 13.4. The van der Waals surface area contributed by atoms with Gasteiger partial charge in [0, 0.05) is 9.50 Å². The molecule has 0 aromatic heterocycles. The van der Waals surface area contributed by atoms with Crippen molar-refractivity contribution in [2.24, 2.45) is 5.92 Å². The third-order valence-corrected chi connectivity index (χ3v) is 4.28. The van der Waals surface area contributed by atoms with Gasteiger partial charge in [0.15, 0.2) is 0 Å².